The molecule has 2 heteroatoms. The lowest BCUT2D eigenvalue weighted by Gasteiger charge is -2.32. The van der Waals surface area contributed by atoms with Gasteiger partial charge in [-0.05, 0) is 63.1 Å². The number of hydrogen-bond donors (Lipinski definition) is 0. The monoisotopic (exact) mass is 342 g/mol. The Hall–Kier alpha value is -1.70. The fraction of sp³-hybridized carbons (Fsp3) is 0.565. The fourth-order valence-corrected chi connectivity index (χ4v) is 3.95. The first kappa shape index (κ1) is 19.6. The zero-order valence-electron chi connectivity index (χ0n) is 16.7. The molecule has 1 aliphatic carbocycles. The summed E-state index contributed by atoms with van der Waals surface area (Å²) in [5.74, 6) is 2.62. The Morgan fingerprint density at radius 2 is 1.80 bits per heavy atom. The van der Waals surface area contributed by atoms with Crippen LogP contribution in [0.15, 0.2) is 35.9 Å². The van der Waals surface area contributed by atoms with E-state index in [1.165, 1.54) is 41.5 Å². The third-order valence-corrected chi connectivity index (χ3v) is 5.39. The summed E-state index contributed by atoms with van der Waals surface area (Å²) in [6.07, 6.45) is 9.46. The summed E-state index contributed by atoms with van der Waals surface area (Å²) >= 11 is 0. The van der Waals surface area contributed by atoms with Crippen molar-refractivity contribution in [2.24, 2.45) is 5.92 Å². The molecule has 25 heavy (non-hydrogen) atoms. The fourth-order valence-electron chi connectivity index (χ4n) is 3.95. The van der Waals surface area contributed by atoms with Crippen LogP contribution >= 0.6 is 0 Å². The van der Waals surface area contributed by atoms with Gasteiger partial charge in [0.1, 0.15) is 11.5 Å². The van der Waals surface area contributed by atoms with Crippen molar-refractivity contribution in [3.63, 3.8) is 0 Å². The van der Waals surface area contributed by atoms with Crippen LogP contribution in [0.1, 0.15) is 69.9 Å². The van der Waals surface area contributed by atoms with E-state index in [0.29, 0.717) is 5.92 Å². The Morgan fingerprint density at radius 3 is 2.32 bits per heavy atom. The molecule has 0 fully saturated rings. The molecule has 0 heterocycles. The van der Waals surface area contributed by atoms with E-state index >= 15 is 0 Å². The summed E-state index contributed by atoms with van der Waals surface area (Å²) < 4.78 is 11.6. The highest BCUT2D eigenvalue weighted by Gasteiger charge is 2.30. The second-order valence-electron chi connectivity index (χ2n) is 7.40. The Morgan fingerprint density at radius 1 is 1.16 bits per heavy atom. The summed E-state index contributed by atoms with van der Waals surface area (Å²) in [6, 6.07) is 4.42. The van der Waals surface area contributed by atoms with E-state index in [2.05, 4.69) is 45.6 Å². The van der Waals surface area contributed by atoms with Crippen LogP contribution in [0.25, 0.3) is 0 Å². The third kappa shape index (κ3) is 4.68. The number of hydrogen-bond acceptors (Lipinski definition) is 2. The first-order chi connectivity index (χ1) is 12.0. The molecule has 0 bridgehead atoms. The molecule has 2 rings (SSSR count). The molecule has 2 nitrogen and oxygen atoms in total. The normalized spacial score (nSPS) is 20.1. The van der Waals surface area contributed by atoms with Gasteiger partial charge in [0.2, 0.25) is 0 Å². The van der Waals surface area contributed by atoms with Gasteiger partial charge in [0, 0.05) is 11.5 Å². The molecular formula is C23H34O2. The molecule has 1 aliphatic rings. The molecule has 1 aromatic carbocycles. The SMILES string of the molecule is C=C(C)[C@@H]1CCC(C)=CC1c1c(OC)cc(CCCCC)cc1OC. The van der Waals surface area contributed by atoms with Gasteiger partial charge < -0.3 is 9.47 Å². The highest BCUT2D eigenvalue weighted by molar-refractivity contribution is 5.53. The first-order valence-electron chi connectivity index (χ1n) is 9.59. The van der Waals surface area contributed by atoms with Gasteiger partial charge in [-0.25, -0.2) is 0 Å². The smallest absolute Gasteiger partial charge is 0.126 e. The van der Waals surface area contributed by atoms with Crippen LogP contribution in [-0.4, -0.2) is 14.2 Å². The van der Waals surface area contributed by atoms with Crippen molar-refractivity contribution >= 4 is 0 Å². The molecular weight excluding hydrogens is 308 g/mol. The maximum atomic E-state index is 5.81. The predicted molar refractivity (Wildman–Crippen MR) is 107 cm³/mol. The van der Waals surface area contributed by atoms with Crippen molar-refractivity contribution in [3.05, 3.63) is 47.1 Å². The predicted octanol–water partition coefficient (Wildman–Crippen LogP) is 6.45. The molecule has 0 aromatic heterocycles. The van der Waals surface area contributed by atoms with Gasteiger partial charge in [-0.1, -0.05) is 43.6 Å². The summed E-state index contributed by atoms with van der Waals surface area (Å²) in [6.45, 7) is 10.8. The van der Waals surface area contributed by atoms with Crippen LogP contribution < -0.4 is 9.47 Å². The molecule has 0 saturated carbocycles. The lowest BCUT2D eigenvalue weighted by molar-refractivity contribution is 0.368. The van der Waals surface area contributed by atoms with E-state index in [0.717, 1.165) is 30.8 Å². The first-order valence-corrected chi connectivity index (χ1v) is 9.59. The zero-order valence-corrected chi connectivity index (χ0v) is 16.7. The van der Waals surface area contributed by atoms with Gasteiger partial charge in [0.25, 0.3) is 0 Å². The van der Waals surface area contributed by atoms with Crippen LogP contribution in [0.5, 0.6) is 11.5 Å². The minimum atomic E-state index is 0.279. The number of rotatable bonds is 8. The Balaban J connectivity index is 2.47. The van der Waals surface area contributed by atoms with Crippen molar-refractivity contribution in [2.75, 3.05) is 14.2 Å². The van der Waals surface area contributed by atoms with Crippen LogP contribution in [0.4, 0.5) is 0 Å². The number of benzene rings is 1. The average Bonchev–Trinajstić information content (AvgIpc) is 2.60. The third-order valence-electron chi connectivity index (χ3n) is 5.39. The van der Waals surface area contributed by atoms with Crippen LogP contribution in [0.3, 0.4) is 0 Å². The molecule has 0 saturated heterocycles. The molecule has 0 spiro atoms. The van der Waals surface area contributed by atoms with Gasteiger partial charge in [0.05, 0.1) is 14.2 Å². The van der Waals surface area contributed by atoms with Gasteiger partial charge in [-0.3, -0.25) is 0 Å². The van der Waals surface area contributed by atoms with Crippen molar-refractivity contribution < 1.29 is 9.47 Å². The average molecular weight is 343 g/mol. The van der Waals surface area contributed by atoms with E-state index in [9.17, 15) is 0 Å². The minimum absolute atomic E-state index is 0.279. The summed E-state index contributed by atoms with van der Waals surface area (Å²) in [5.41, 5.74) is 5.16. The summed E-state index contributed by atoms with van der Waals surface area (Å²) in [7, 11) is 3.53. The number of aryl methyl sites for hydroxylation is 1. The van der Waals surface area contributed by atoms with Gasteiger partial charge in [-0.2, -0.15) is 0 Å². The van der Waals surface area contributed by atoms with Crippen molar-refractivity contribution in [3.8, 4) is 11.5 Å². The van der Waals surface area contributed by atoms with Gasteiger partial charge in [0.15, 0.2) is 0 Å². The number of methoxy groups -OCH3 is 2. The van der Waals surface area contributed by atoms with E-state index in [1.54, 1.807) is 14.2 Å². The molecule has 1 aromatic rings. The molecule has 2 atom stereocenters. The van der Waals surface area contributed by atoms with E-state index in [1.807, 2.05) is 0 Å². The largest absolute Gasteiger partial charge is 0.496 e. The van der Waals surface area contributed by atoms with E-state index in [-0.39, 0.29) is 5.92 Å². The number of ether oxygens (including phenoxy) is 2. The highest BCUT2D eigenvalue weighted by Crippen LogP contribution is 2.47. The highest BCUT2D eigenvalue weighted by atomic mass is 16.5. The molecule has 1 unspecified atom stereocenters. The summed E-state index contributed by atoms with van der Waals surface area (Å²) in [4.78, 5) is 0. The lowest BCUT2D eigenvalue weighted by atomic mass is 9.73. The van der Waals surface area contributed by atoms with Crippen LogP contribution in [0.2, 0.25) is 0 Å². The number of allylic oxidation sites excluding steroid dienone is 3. The molecule has 0 radical (unpaired) electrons. The zero-order chi connectivity index (χ0) is 18.4. The maximum Gasteiger partial charge on any atom is 0.126 e. The molecule has 0 aliphatic heterocycles. The van der Waals surface area contributed by atoms with E-state index < -0.39 is 0 Å². The second kappa shape index (κ2) is 9.12. The molecule has 0 N–H and O–H groups in total. The van der Waals surface area contributed by atoms with E-state index in [4.69, 9.17) is 9.47 Å². The van der Waals surface area contributed by atoms with Gasteiger partial charge in [-0.15, -0.1) is 0 Å². The second-order valence-corrected chi connectivity index (χ2v) is 7.40. The van der Waals surface area contributed by atoms with Crippen molar-refractivity contribution in [1.82, 2.24) is 0 Å². The maximum absolute atomic E-state index is 5.81. The van der Waals surface area contributed by atoms with Crippen LogP contribution in [-0.2, 0) is 6.42 Å². The van der Waals surface area contributed by atoms with Crippen LogP contribution in [0, 0.1) is 5.92 Å². The lowest BCUT2D eigenvalue weighted by Crippen LogP contribution is -2.18. The van der Waals surface area contributed by atoms with Crippen molar-refractivity contribution in [1.29, 1.82) is 0 Å². The minimum Gasteiger partial charge on any atom is -0.496 e. The quantitative estimate of drug-likeness (QED) is 0.399. The standard InChI is InChI=1S/C23H34O2/c1-7-8-9-10-18-14-21(24-5)23(22(15-18)25-6)20-13-17(4)11-12-19(20)16(2)3/h13-15,19-20H,2,7-12H2,1,3-6H3/t19-,20?/m0/s1. The van der Waals surface area contributed by atoms with Gasteiger partial charge >= 0.3 is 0 Å². The number of unbranched alkanes of at least 4 members (excludes halogenated alkanes) is 2. The summed E-state index contributed by atoms with van der Waals surface area (Å²) in [5, 5.41) is 0. The Bertz CT molecular complexity index is 602. The molecule has 0 amide bonds. The van der Waals surface area contributed by atoms with Crippen molar-refractivity contribution in [2.45, 2.75) is 65.2 Å². The topological polar surface area (TPSA) is 18.5 Å². The Kier molecular flexibility index (Phi) is 7.16. The molecule has 138 valence electrons. The Labute approximate surface area is 153 Å².